The second-order valence-corrected chi connectivity index (χ2v) is 9.26. The van der Waals surface area contributed by atoms with Crippen molar-refractivity contribution in [3.05, 3.63) is 48.3 Å². The molecule has 1 aliphatic carbocycles. The van der Waals surface area contributed by atoms with E-state index in [9.17, 15) is 0 Å². The first kappa shape index (κ1) is 38.2. The number of nitrogens with one attached hydrogen (secondary N) is 1. The van der Waals surface area contributed by atoms with Crippen LogP contribution in [0.2, 0.25) is 0 Å². The Hall–Kier alpha value is -3.79. The second kappa shape index (κ2) is 21.0. The Bertz CT molecular complexity index is 1350. The van der Waals surface area contributed by atoms with Crippen molar-refractivity contribution in [2.24, 2.45) is 11.5 Å². The van der Waals surface area contributed by atoms with E-state index in [-0.39, 0.29) is 33.1 Å². The summed E-state index contributed by atoms with van der Waals surface area (Å²) in [6.07, 6.45) is 11.8. The number of nitrogens with zero attached hydrogens (tertiary/aromatic N) is 2. The average molecular weight is 791 g/mol. The van der Waals surface area contributed by atoms with Gasteiger partial charge in [-0.3, -0.25) is 0 Å². The van der Waals surface area contributed by atoms with Crippen LogP contribution in [0.4, 0.5) is 11.5 Å². The number of methoxy groups -OCH3 is 2. The topological polar surface area (TPSA) is 207 Å². The van der Waals surface area contributed by atoms with Crippen molar-refractivity contribution in [1.29, 1.82) is 0 Å². The molecule has 44 heavy (non-hydrogen) atoms. The molecule has 0 spiro atoms. The van der Waals surface area contributed by atoms with Gasteiger partial charge in [0, 0.05) is 49.0 Å². The minimum absolute atomic E-state index is 0. The number of hydrogen-bond donors (Lipinski definition) is 3. The van der Waals surface area contributed by atoms with E-state index in [1.54, 1.807) is 14.2 Å². The summed E-state index contributed by atoms with van der Waals surface area (Å²) in [4.78, 5) is 26.6. The Labute approximate surface area is 270 Å². The quantitative estimate of drug-likeness (QED) is 0.142. The molecule has 3 aromatic rings. The van der Waals surface area contributed by atoms with Gasteiger partial charge in [-0.2, -0.15) is 0 Å². The summed E-state index contributed by atoms with van der Waals surface area (Å²) in [5.41, 5.74) is 13.6. The summed E-state index contributed by atoms with van der Waals surface area (Å²) in [5.74, 6) is 0.0727. The number of carboxylic acids is 2. The van der Waals surface area contributed by atoms with E-state index in [1.807, 2.05) is 36.4 Å². The third-order valence-corrected chi connectivity index (χ3v) is 6.12. The van der Waals surface area contributed by atoms with Gasteiger partial charge in [0.1, 0.15) is 25.4 Å². The first-order valence-corrected chi connectivity index (χ1v) is 13.5. The standard InChI is InChI=1S/C22H23N3O4.C6H14N2.C2H2O4.Pt/c1-4-16-6-5-7-17(12-16)25-22-18-13-20(28-10-8-26-2)21(29-11-9-27-3)14-19(18)23-15-24-22;7-5-3-1-2-4-6(5)8;3-1(4)2(5)6;/h1,5-7,12-15H,8-11H2,2-3H3,(H,23,24,25);5-6H,1-4,7-8H2;(H,3,4)(H,5,6);/q;;;+2/p-2/t;5-,6-;;/m.1../s1. The van der Waals surface area contributed by atoms with Crippen LogP contribution in [0.15, 0.2) is 42.7 Å². The Morgan fingerprint density at radius 2 is 1.50 bits per heavy atom. The molecule has 1 aromatic heterocycles. The normalized spacial score (nSPS) is 15.2. The molecule has 2 atom stereocenters. The third kappa shape index (κ3) is 13.2. The monoisotopic (exact) mass is 790 g/mol. The molecular weight excluding hydrogens is 753 g/mol. The van der Waals surface area contributed by atoms with Crippen LogP contribution in [-0.2, 0) is 40.1 Å². The first-order valence-electron chi connectivity index (χ1n) is 13.5. The number of terminal acetylenes is 1. The maximum Gasteiger partial charge on any atom is 2.00 e. The maximum absolute atomic E-state index is 8.93. The molecule has 0 radical (unpaired) electrons. The zero-order valence-electron chi connectivity index (χ0n) is 24.6. The third-order valence-electron chi connectivity index (χ3n) is 6.12. The van der Waals surface area contributed by atoms with Crippen molar-refractivity contribution in [2.75, 3.05) is 46.0 Å². The maximum atomic E-state index is 8.93. The predicted molar refractivity (Wildman–Crippen MR) is 156 cm³/mol. The molecule has 0 bridgehead atoms. The zero-order chi connectivity index (χ0) is 31.6. The minimum atomic E-state index is -2.19. The van der Waals surface area contributed by atoms with Crippen molar-refractivity contribution < 1.29 is 59.8 Å². The largest absolute Gasteiger partial charge is 2.00 e. The van der Waals surface area contributed by atoms with Gasteiger partial charge < -0.3 is 55.5 Å². The van der Waals surface area contributed by atoms with Crippen LogP contribution in [0.5, 0.6) is 11.5 Å². The van der Waals surface area contributed by atoms with Crippen LogP contribution >= 0.6 is 0 Å². The Morgan fingerprint density at radius 3 is 2.00 bits per heavy atom. The SMILES string of the molecule is C#Cc1cccc(Nc2ncnc3cc(OCCOC)c(OCCOC)cc23)c1.N[C@@H]1CCCC[C@H]1N.O=C([O-])C(=O)[O-].[Pt+2]. The molecule has 240 valence electrons. The van der Waals surface area contributed by atoms with Crippen LogP contribution in [0, 0.1) is 12.3 Å². The molecule has 1 saturated carbocycles. The molecule has 13 nitrogen and oxygen atoms in total. The fraction of sp³-hybridized carbons (Fsp3) is 0.400. The average Bonchev–Trinajstić information content (AvgIpc) is 3.00. The fourth-order valence-corrected chi connectivity index (χ4v) is 3.87. The number of carboxylic acid groups (broad SMARTS) is 2. The van der Waals surface area contributed by atoms with E-state index in [4.69, 9.17) is 56.6 Å². The van der Waals surface area contributed by atoms with E-state index in [0.717, 1.165) is 35.0 Å². The van der Waals surface area contributed by atoms with E-state index < -0.39 is 11.9 Å². The molecule has 2 aromatic carbocycles. The van der Waals surface area contributed by atoms with Gasteiger partial charge in [-0.25, -0.2) is 9.97 Å². The molecule has 0 amide bonds. The number of carbonyl (C=O) groups is 2. The molecule has 4 rings (SSSR count). The van der Waals surface area contributed by atoms with Gasteiger partial charge in [-0.15, -0.1) is 6.42 Å². The summed E-state index contributed by atoms with van der Waals surface area (Å²) < 4.78 is 21.8. The van der Waals surface area contributed by atoms with E-state index in [0.29, 0.717) is 43.7 Å². The molecule has 1 aliphatic rings. The molecular formula is C30H37N5O8Pt. The van der Waals surface area contributed by atoms with Crippen molar-refractivity contribution in [3.8, 4) is 23.8 Å². The Morgan fingerprint density at radius 1 is 0.932 bits per heavy atom. The summed E-state index contributed by atoms with van der Waals surface area (Å²) in [6.45, 7) is 1.73. The summed E-state index contributed by atoms with van der Waals surface area (Å²) in [7, 11) is 3.25. The van der Waals surface area contributed by atoms with Crippen LogP contribution < -0.4 is 36.5 Å². The van der Waals surface area contributed by atoms with Crippen LogP contribution in [-0.4, -0.2) is 74.6 Å². The van der Waals surface area contributed by atoms with Gasteiger partial charge in [0.05, 0.1) is 30.7 Å². The fourth-order valence-electron chi connectivity index (χ4n) is 3.87. The minimum Gasteiger partial charge on any atom is -0.543 e. The van der Waals surface area contributed by atoms with Gasteiger partial charge in [0.2, 0.25) is 0 Å². The number of anilines is 2. The number of ether oxygens (including phenoxy) is 4. The zero-order valence-corrected chi connectivity index (χ0v) is 26.8. The summed E-state index contributed by atoms with van der Waals surface area (Å²) in [6, 6.07) is 11.8. The number of carbonyl (C=O) groups excluding carboxylic acids is 2. The van der Waals surface area contributed by atoms with Crippen molar-refractivity contribution in [1.82, 2.24) is 9.97 Å². The second-order valence-electron chi connectivity index (χ2n) is 9.26. The van der Waals surface area contributed by atoms with Crippen molar-refractivity contribution in [2.45, 2.75) is 37.8 Å². The Balaban J connectivity index is 0.000000533. The van der Waals surface area contributed by atoms with Crippen LogP contribution in [0.25, 0.3) is 10.9 Å². The molecule has 14 heteroatoms. The van der Waals surface area contributed by atoms with Crippen molar-refractivity contribution in [3.63, 3.8) is 0 Å². The summed E-state index contributed by atoms with van der Waals surface area (Å²) >= 11 is 0. The number of rotatable bonds is 10. The molecule has 0 unspecified atom stereocenters. The summed E-state index contributed by atoms with van der Waals surface area (Å²) in [5, 5.41) is 21.9. The first-order chi connectivity index (χ1) is 20.7. The number of benzene rings is 2. The van der Waals surface area contributed by atoms with Gasteiger partial charge >= 0.3 is 21.1 Å². The van der Waals surface area contributed by atoms with Gasteiger partial charge in [-0.05, 0) is 37.1 Å². The molecule has 1 heterocycles. The van der Waals surface area contributed by atoms with E-state index >= 15 is 0 Å². The number of hydrogen-bond acceptors (Lipinski definition) is 13. The van der Waals surface area contributed by atoms with Crippen LogP contribution in [0.1, 0.15) is 31.2 Å². The van der Waals surface area contributed by atoms with Crippen LogP contribution in [0.3, 0.4) is 0 Å². The van der Waals surface area contributed by atoms with Gasteiger partial charge in [-0.1, -0.05) is 24.8 Å². The number of aromatic nitrogens is 2. The molecule has 5 N–H and O–H groups in total. The number of aliphatic carboxylic acids is 2. The smallest absolute Gasteiger partial charge is 0.543 e. The number of nitrogens with two attached hydrogens (primary N) is 2. The molecule has 0 aliphatic heterocycles. The Kier molecular flexibility index (Phi) is 18.2. The molecule has 0 saturated heterocycles. The van der Waals surface area contributed by atoms with E-state index in [2.05, 4.69) is 21.2 Å². The van der Waals surface area contributed by atoms with E-state index in [1.165, 1.54) is 19.2 Å². The number of fused-ring (bicyclic) bond motifs is 1. The van der Waals surface area contributed by atoms with Gasteiger partial charge in [0.25, 0.3) is 0 Å². The molecule has 1 fully saturated rings. The predicted octanol–water partition coefficient (Wildman–Crippen LogP) is 0.104. The van der Waals surface area contributed by atoms with Crippen molar-refractivity contribution >= 4 is 34.3 Å². The van der Waals surface area contributed by atoms with Gasteiger partial charge in [0.15, 0.2) is 11.5 Å².